The predicted octanol–water partition coefficient (Wildman–Crippen LogP) is 3.19. The lowest BCUT2D eigenvalue weighted by Gasteiger charge is -2.14. The second kappa shape index (κ2) is 15.2. The lowest BCUT2D eigenvalue weighted by atomic mass is 10.0. The average molecular weight is 554 g/mol. The number of rotatable bonds is 11. The molecule has 1 amide bonds. The second-order valence-electron chi connectivity index (χ2n) is 7.31. The molecule has 2 rings (SSSR count). The lowest BCUT2D eigenvalue weighted by molar-refractivity contribution is -0.121. The Morgan fingerprint density at radius 1 is 1.16 bits per heavy atom. The van der Waals surface area contributed by atoms with Crippen LogP contribution < -0.4 is 20.7 Å². The van der Waals surface area contributed by atoms with Crippen molar-refractivity contribution in [2.24, 2.45) is 10.9 Å². The fourth-order valence-corrected chi connectivity index (χ4v) is 3.43. The second-order valence-corrected chi connectivity index (χ2v) is 7.31. The zero-order chi connectivity index (χ0) is 21.8. The molecular formula is C21H33F2IN4O3. The molecule has 0 spiro atoms. The highest BCUT2D eigenvalue weighted by Crippen LogP contribution is 2.27. The van der Waals surface area contributed by atoms with Crippen LogP contribution in [0.2, 0.25) is 0 Å². The first-order chi connectivity index (χ1) is 14.5. The maximum Gasteiger partial charge on any atom is 0.387 e. The van der Waals surface area contributed by atoms with Gasteiger partial charge in [-0.05, 0) is 43.4 Å². The van der Waals surface area contributed by atoms with Crippen LogP contribution >= 0.6 is 24.0 Å². The summed E-state index contributed by atoms with van der Waals surface area (Å²) in [6.07, 6.45) is 4.46. The number of aliphatic hydroxyl groups is 1. The van der Waals surface area contributed by atoms with E-state index < -0.39 is 12.7 Å². The first-order valence-electron chi connectivity index (χ1n) is 10.5. The molecule has 1 saturated carbocycles. The third-order valence-electron chi connectivity index (χ3n) is 4.95. The van der Waals surface area contributed by atoms with Gasteiger partial charge in [-0.25, -0.2) is 0 Å². The molecule has 1 aliphatic rings. The smallest absolute Gasteiger partial charge is 0.387 e. The van der Waals surface area contributed by atoms with Gasteiger partial charge in [-0.15, -0.1) is 24.0 Å². The van der Waals surface area contributed by atoms with Gasteiger partial charge in [0.1, 0.15) is 5.75 Å². The molecule has 31 heavy (non-hydrogen) atoms. The van der Waals surface area contributed by atoms with Gasteiger partial charge in [-0.2, -0.15) is 8.78 Å². The van der Waals surface area contributed by atoms with Crippen molar-refractivity contribution < 1.29 is 23.4 Å². The molecular weight excluding hydrogens is 521 g/mol. The summed E-state index contributed by atoms with van der Waals surface area (Å²) in [6, 6.07) is 5.81. The van der Waals surface area contributed by atoms with E-state index in [9.17, 15) is 18.7 Å². The van der Waals surface area contributed by atoms with Gasteiger partial charge in [0.05, 0.1) is 12.6 Å². The van der Waals surface area contributed by atoms with Gasteiger partial charge in [0.25, 0.3) is 0 Å². The normalized spacial score (nSPS) is 15.3. The Balaban J connectivity index is 0.00000480. The highest BCUT2D eigenvalue weighted by atomic mass is 127. The van der Waals surface area contributed by atoms with Crippen molar-refractivity contribution in [2.75, 3.05) is 26.2 Å². The van der Waals surface area contributed by atoms with E-state index in [1.165, 1.54) is 37.1 Å². The molecule has 7 nitrogen and oxygen atoms in total. The zero-order valence-corrected chi connectivity index (χ0v) is 20.1. The van der Waals surface area contributed by atoms with E-state index in [1.54, 1.807) is 0 Å². The van der Waals surface area contributed by atoms with Crippen molar-refractivity contribution in [1.82, 2.24) is 16.0 Å². The number of benzene rings is 1. The van der Waals surface area contributed by atoms with Gasteiger partial charge in [-0.1, -0.05) is 25.0 Å². The number of alkyl halides is 2. The van der Waals surface area contributed by atoms with Crippen LogP contribution in [0.3, 0.4) is 0 Å². The first-order valence-corrected chi connectivity index (χ1v) is 10.5. The lowest BCUT2D eigenvalue weighted by Crippen LogP contribution is -2.41. The molecule has 0 saturated heterocycles. The summed E-state index contributed by atoms with van der Waals surface area (Å²) in [5.74, 6) is 1.17. The van der Waals surface area contributed by atoms with Gasteiger partial charge in [-0.3, -0.25) is 9.79 Å². The van der Waals surface area contributed by atoms with Gasteiger partial charge in [0.2, 0.25) is 5.91 Å². The summed E-state index contributed by atoms with van der Waals surface area (Å²) in [4.78, 5) is 16.3. The number of aliphatic hydroxyl groups excluding tert-OH is 1. The largest absolute Gasteiger partial charge is 0.435 e. The number of hydrogen-bond donors (Lipinski definition) is 4. The van der Waals surface area contributed by atoms with Crippen molar-refractivity contribution in [1.29, 1.82) is 0 Å². The number of guanidine groups is 1. The molecule has 0 radical (unpaired) electrons. The van der Waals surface area contributed by atoms with E-state index in [2.05, 4.69) is 25.7 Å². The van der Waals surface area contributed by atoms with Crippen molar-refractivity contribution in [2.45, 2.75) is 51.7 Å². The monoisotopic (exact) mass is 554 g/mol. The summed E-state index contributed by atoms with van der Waals surface area (Å²) in [7, 11) is 0. The van der Waals surface area contributed by atoms with Crippen LogP contribution in [0.4, 0.5) is 8.78 Å². The molecule has 1 unspecified atom stereocenters. The maximum absolute atomic E-state index is 12.2. The van der Waals surface area contributed by atoms with Crippen molar-refractivity contribution >= 4 is 35.8 Å². The molecule has 1 fully saturated rings. The van der Waals surface area contributed by atoms with Crippen LogP contribution in [-0.2, 0) is 4.79 Å². The first kappa shape index (κ1) is 27.3. The van der Waals surface area contributed by atoms with Gasteiger partial charge in [0, 0.05) is 26.1 Å². The van der Waals surface area contributed by atoms with Crippen molar-refractivity contribution in [3.63, 3.8) is 0 Å². The Labute approximate surface area is 199 Å². The number of nitrogens with one attached hydrogen (secondary N) is 3. The Morgan fingerprint density at radius 3 is 2.42 bits per heavy atom. The summed E-state index contributed by atoms with van der Waals surface area (Å²) in [6.45, 7) is 0.793. The summed E-state index contributed by atoms with van der Waals surface area (Å²) < 4.78 is 28.7. The molecule has 10 heteroatoms. The fourth-order valence-electron chi connectivity index (χ4n) is 3.43. The maximum atomic E-state index is 12.2. The number of ether oxygens (including phenoxy) is 1. The van der Waals surface area contributed by atoms with E-state index in [-0.39, 0.29) is 42.2 Å². The molecule has 0 bridgehead atoms. The minimum Gasteiger partial charge on any atom is -0.435 e. The molecule has 1 atom stereocenters. The highest BCUT2D eigenvalue weighted by Gasteiger charge is 2.18. The number of aliphatic imine (C=N–C) groups is 1. The van der Waals surface area contributed by atoms with Gasteiger partial charge in [0.15, 0.2) is 5.96 Å². The average Bonchev–Trinajstić information content (AvgIpc) is 3.22. The van der Waals surface area contributed by atoms with Crippen molar-refractivity contribution in [3.05, 3.63) is 29.8 Å². The van der Waals surface area contributed by atoms with E-state index in [0.29, 0.717) is 43.5 Å². The van der Waals surface area contributed by atoms with Crippen LogP contribution in [0.1, 0.15) is 50.7 Å². The van der Waals surface area contributed by atoms with E-state index in [0.717, 1.165) is 12.8 Å². The van der Waals surface area contributed by atoms with Crippen LogP contribution in [0, 0.1) is 5.92 Å². The van der Waals surface area contributed by atoms with Crippen LogP contribution in [-0.4, -0.2) is 49.8 Å². The predicted molar refractivity (Wildman–Crippen MR) is 127 cm³/mol. The SMILES string of the molecule is CCNC(=NCC(O)c1ccc(OC(F)F)cc1)NCCNC(=O)CC1CCCC1.I. The summed E-state index contributed by atoms with van der Waals surface area (Å²) >= 11 is 0. The standard InChI is InChI=1S/C21H32F2N4O3.HI/c1-2-24-21(26-12-11-25-19(29)13-15-5-3-4-6-15)27-14-18(28)16-7-9-17(10-8-16)30-20(22)23;/h7-10,15,18,20,28H,2-6,11-14H2,1H3,(H,25,29)(H2,24,26,27);1H. The molecule has 1 aromatic rings. The van der Waals surface area contributed by atoms with Crippen molar-refractivity contribution in [3.8, 4) is 5.75 Å². The molecule has 176 valence electrons. The number of nitrogens with zero attached hydrogens (tertiary/aromatic N) is 1. The third kappa shape index (κ3) is 10.9. The van der Waals surface area contributed by atoms with Crippen LogP contribution in [0.25, 0.3) is 0 Å². The molecule has 4 N–H and O–H groups in total. The van der Waals surface area contributed by atoms with Crippen LogP contribution in [0.15, 0.2) is 29.3 Å². The third-order valence-corrected chi connectivity index (χ3v) is 4.95. The molecule has 0 aromatic heterocycles. The molecule has 1 aliphatic carbocycles. The zero-order valence-electron chi connectivity index (χ0n) is 17.8. The Morgan fingerprint density at radius 2 is 1.81 bits per heavy atom. The van der Waals surface area contributed by atoms with Gasteiger partial charge >= 0.3 is 6.61 Å². The Bertz CT molecular complexity index is 671. The van der Waals surface area contributed by atoms with E-state index >= 15 is 0 Å². The van der Waals surface area contributed by atoms with Gasteiger partial charge < -0.3 is 25.8 Å². The topological polar surface area (TPSA) is 95.0 Å². The fraction of sp³-hybridized carbons (Fsp3) is 0.619. The molecule has 0 aliphatic heterocycles. The number of amides is 1. The minimum absolute atomic E-state index is 0. The highest BCUT2D eigenvalue weighted by molar-refractivity contribution is 14.0. The Kier molecular flexibility index (Phi) is 13.4. The quantitative estimate of drug-likeness (QED) is 0.146. The van der Waals surface area contributed by atoms with E-state index in [1.807, 2.05) is 6.92 Å². The molecule has 0 heterocycles. The summed E-state index contributed by atoms with van der Waals surface area (Å²) in [5, 5.41) is 19.4. The van der Waals surface area contributed by atoms with Crippen LogP contribution in [0.5, 0.6) is 5.75 Å². The summed E-state index contributed by atoms with van der Waals surface area (Å²) in [5.41, 5.74) is 0.551. The number of halogens is 3. The number of carbonyl (C=O) groups excluding carboxylic acids is 1. The minimum atomic E-state index is -2.88. The number of hydrogen-bond acceptors (Lipinski definition) is 4. The Hall–Kier alpha value is -1.69. The van der Waals surface area contributed by atoms with E-state index in [4.69, 9.17) is 0 Å². The number of carbonyl (C=O) groups is 1. The molecule has 1 aromatic carbocycles.